The molecule has 27 heavy (non-hydrogen) atoms. The van der Waals surface area contributed by atoms with Crippen LogP contribution in [0.1, 0.15) is 41.0 Å². The van der Waals surface area contributed by atoms with Crippen LogP contribution in [0.3, 0.4) is 0 Å². The van der Waals surface area contributed by atoms with Crippen molar-refractivity contribution in [2.45, 2.75) is 25.9 Å². The first-order valence-electron chi connectivity index (χ1n) is 9.21. The summed E-state index contributed by atoms with van der Waals surface area (Å²) in [5.41, 5.74) is 3.71. The van der Waals surface area contributed by atoms with E-state index in [9.17, 15) is 9.18 Å². The lowest BCUT2D eigenvalue weighted by Crippen LogP contribution is -2.43. The second kappa shape index (κ2) is 7.23. The Morgan fingerprint density at radius 1 is 0.963 bits per heavy atom. The maximum absolute atomic E-state index is 14.6. The molecule has 0 saturated heterocycles. The average molecular weight is 360 g/mol. The van der Waals surface area contributed by atoms with Crippen molar-refractivity contribution in [3.63, 3.8) is 0 Å². The van der Waals surface area contributed by atoms with Gasteiger partial charge in [0.1, 0.15) is 12.0 Å². The van der Waals surface area contributed by atoms with Crippen LogP contribution in [0.2, 0.25) is 0 Å². The Hall–Kier alpha value is -3.14. The van der Waals surface area contributed by atoms with E-state index < -0.39 is 6.17 Å². The van der Waals surface area contributed by atoms with Crippen LogP contribution in [0.25, 0.3) is 0 Å². The molecule has 0 aromatic heterocycles. The first-order chi connectivity index (χ1) is 13.2. The smallest absolute Gasteiger partial charge is 0.262 e. The van der Waals surface area contributed by atoms with E-state index in [1.807, 2.05) is 42.5 Å². The largest absolute Gasteiger partial charge is 0.360 e. The Morgan fingerprint density at radius 3 is 2.41 bits per heavy atom. The number of hydrogen-bond acceptors (Lipinski definition) is 2. The number of halogens is 1. The molecule has 136 valence electrons. The molecule has 0 spiro atoms. The molecule has 1 aliphatic rings. The molecule has 1 amide bonds. The van der Waals surface area contributed by atoms with Crippen molar-refractivity contribution in [1.29, 1.82) is 0 Å². The quantitative estimate of drug-likeness (QED) is 0.662. The molecule has 3 aromatic rings. The van der Waals surface area contributed by atoms with Gasteiger partial charge >= 0.3 is 0 Å². The molecule has 0 radical (unpaired) electrons. The first kappa shape index (κ1) is 17.3. The van der Waals surface area contributed by atoms with Crippen LogP contribution in [0, 0.1) is 5.82 Å². The Morgan fingerprint density at radius 2 is 1.67 bits per heavy atom. The summed E-state index contributed by atoms with van der Waals surface area (Å²) in [4.78, 5) is 14.9. The zero-order chi connectivity index (χ0) is 18.8. The van der Waals surface area contributed by atoms with Gasteiger partial charge in [0.05, 0.1) is 5.56 Å². The van der Waals surface area contributed by atoms with Crippen LogP contribution in [0.15, 0.2) is 72.8 Å². The van der Waals surface area contributed by atoms with E-state index in [2.05, 4.69) is 12.2 Å². The predicted molar refractivity (Wildman–Crippen MR) is 106 cm³/mol. The third-order valence-corrected chi connectivity index (χ3v) is 4.88. The summed E-state index contributed by atoms with van der Waals surface area (Å²) in [7, 11) is 0. The summed E-state index contributed by atoms with van der Waals surface area (Å²) in [6.07, 6.45) is 1.45. The summed E-state index contributed by atoms with van der Waals surface area (Å²) >= 11 is 0. The molecule has 0 saturated carbocycles. The van der Waals surface area contributed by atoms with E-state index in [1.165, 1.54) is 11.6 Å². The van der Waals surface area contributed by atoms with Gasteiger partial charge in [-0.2, -0.15) is 0 Å². The fourth-order valence-corrected chi connectivity index (χ4v) is 3.55. The lowest BCUT2D eigenvalue weighted by molar-refractivity contribution is 0.0974. The highest BCUT2D eigenvalue weighted by Crippen LogP contribution is 2.37. The molecular formula is C23H21FN2O. The Kier molecular flexibility index (Phi) is 4.63. The zero-order valence-corrected chi connectivity index (χ0v) is 15.2. The normalized spacial score (nSPS) is 16.0. The van der Waals surface area contributed by atoms with Crippen LogP contribution >= 0.6 is 0 Å². The summed E-state index contributed by atoms with van der Waals surface area (Å²) in [6, 6.07) is 21.9. The lowest BCUT2D eigenvalue weighted by Gasteiger charge is -2.38. The van der Waals surface area contributed by atoms with Gasteiger partial charge in [-0.25, -0.2) is 4.39 Å². The van der Waals surface area contributed by atoms with Crippen molar-refractivity contribution >= 4 is 17.3 Å². The average Bonchev–Trinajstić information content (AvgIpc) is 2.69. The van der Waals surface area contributed by atoms with Gasteiger partial charge in [-0.1, -0.05) is 55.8 Å². The Balaban J connectivity index is 1.82. The number of nitrogens with one attached hydrogen (secondary N) is 1. The fourth-order valence-electron chi connectivity index (χ4n) is 3.55. The minimum Gasteiger partial charge on any atom is -0.360 e. The minimum absolute atomic E-state index is 0.138. The molecule has 3 aromatic carbocycles. The van der Waals surface area contributed by atoms with Gasteiger partial charge in [0.2, 0.25) is 0 Å². The van der Waals surface area contributed by atoms with Crippen molar-refractivity contribution in [2.24, 2.45) is 0 Å². The number of aryl methyl sites for hydroxylation is 1. The molecule has 1 heterocycles. The second-order valence-electron chi connectivity index (χ2n) is 6.71. The highest BCUT2D eigenvalue weighted by molar-refractivity contribution is 6.12. The Labute approximate surface area is 158 Å². The highest BCUT2D eigenvalue weighted by atomic mass is 19.1. The van der Waals surface area contributed by atoms with E-state index in [1.54, 1.807) is 29.2 Å². The van der Waals surface area contributed by atoms with Crippen LogP contribution in [-0.2, 0) is 6.42 Å². The molecule has 1 unspecified atom stereocenters. The van der Waals surface area contributed by atoms with Gasteiger partial charge < -0.3 is 5.32 Å². The molecule has 0 fully saturated rings. The second-order valence-corrected chi connectivity index (χ2v) is 6.71. The van der Waals surface area contributed by atoms with Gasteiger partial charge in [-0.05, 0) is 42.3 Å². The third-order valence-electron chi connectivity index (χ3n) is 4.88. The van der Waals surface area contributed by atoms with Gasteiger partial charge in [-0.3, -0.25) is 9.69 Å². The zero-order valence-electron chi connectivity index (χ0n) is 15.2. The predicted octanol–water partition coefficient (Wildman–Crippen LogP) is 5.55. The van der Waals surface area contributed by atoms with Crippen LogP contribution < -0.4 is 10.2 Å². The number of hydrogen-bond donors (Lipinski definition) is 1. The van der Waals surface area contributed by atoms with Crippen molar-refractivity contribution in [1.82, 2.24) is 0 Å². The number of carbonyl (C=O) groups is 1. The molecule has 4 heteroatoms. The molecule has 4 rings (SSSR count). The summed E-state index contributed by atoms with van der Waals surface area (Å²) in [5.74, 6) is -0.476. The van der Waals surface area contributed by atoms with E-state index in [-0.39, 0.29) is 11.7 Å². The van der Waals surface area contributed by atoms with E-state index in [0.29, 0.717) is 11.1 Å². The third kappa shape index (κ3) is 3.19. The number of anilines is 2. The Bertz CT molecular complexity index is 968. The standard InChI is InChI=1S/C23H21FN2O/c1-2-7-16-12-14-17(15-13-16)26-22(18-8-3-5-10-20(18)24)25-21-11-6-4-9-19(21)23(26)27/h3-6,8-15,22,25H,2,7H2,1H3. The maximum atomic E-state index is 14.6. The maximum Gasteiger partial charge on any atom is 0.262 e. The van der Waals surface area contributed by atoms with Crippen LogP contribution in [0.4, 0.5) is 15.8 Å². The molecule has 0 aliphatic carbocycles. The monoisotopic (exact) mass is 360 g/mol. The minimum atomic E-state index is -0.606. The van der Waals surface area contributed by atoms with Crippen molar-refractivity contribution in [3.05, 3.63) is 95.3 Å². The number of carbonyl (C=O) groups excluding carboxylic acids is 1. The van der Waals surface area contributed by atoms with Crippen LogP contribution in [0.5, 0.6) is 0 Å². The molecule has 1 atom stereocenters. The molecule has 1 N–H and O–H groups in total. The lowest BCUT2D eigenvalue weighted by atomic mass is 10.0. The summed E-state index contributed by atoms with van der Waals surface area (Å²) in [5, 5.41) is 3.34. The fraction of sp³-hybridized carbons (Fsp3) is 0.174. The van der Waals surface area contributed by atoms with Gasteiger partial charge in [-0.15, -0.1) is 0 Å². The van der Waals surface area contributed by atoms with Crippen molar-refractivity contribution < 1.29 is 9.18 Å². The van der Waals surface area contributed by atoms with E-state index in [0.717, 1.165) is 24.2 Å². The number of nitrogens with zero attached hydrogens (tertiary/aromatic N) is 1. The van der Waals surface area contributed by atoms with Gasteiger partial charge in [0, 0.05) is 16.9 Å². The number of fused-ring (bicyclic) bond motifs is 1. The molecule has 0 bridgehead atoms. The molecule has 1 aliphatic heterocycles. The van der Waals surface area contributed by atoms with Gasteiger partial charge in [0.15, 0.2) is 0 Å². The first-order valence-corrected chi connectivity index (χ1v) is 9.21. The highest BCUT2D eigenvalue weighted by Gasteiger charge is 2.35. The number of amides is 1. The van der Waals surface area contributed by atoms with Crippen molar-refractivity contribution in [3.8, 4) is 0 Å². The van der Waals surface area contributed by atoms with Crippen molar-refractivity contribution in [2.75, 3.05) is 10.2 Å². The van der Waals surface area contributed by atoms with E-state index >= 15 is 0 Å². The molecule has 3 nitrogen and oxygen atoms in total. The summed E-state index contributed by atoms with van der Waals surface area (Å²) in [6.45, 7) is 2.14. The van der Waals surface area contributed by atoms with E-state index in [4.69, 9.17) is 0 Å². The topological polar surface area (TPSA) is 32.3 Å². The van der Waals surface area contributed by atoms with Crippen LogP contribution in [-0.4, -0.2) is 5.91 Å². The number of para-hydroxylation sites is 1. The molecular weight excluding hydrogens is 339 g/mol. The number of benzene rings is 3. The van der Waals surface area contributed by atoms with Gasteiger partial charge in [0.25, 0.3) is 5.91 Å². The summed E-state index contributed by atoms with van der Waals surface area (Å²) < 4.78 is 14.6. The number of rotatable bonds is 4. The SMILES string of the molecule is CCCc1ccc(N2C(=O)c3ccccc3NC2c2ccccc2F)cc1.